The number of hydrogen-bond acceptors (Lipinski definition) is 3. The van der Waals surface area contributed by atoms with E-state index in [9.17, 15) is 18.3 Å². The number of benzene rings is 1. The Bertz CT molecular complexity index is 1300. The average Bonchev–Trinajstić information content (AvgIpc) is 2.84. The molecule has 0 aliphatic heterocycles. The van der Waals surface area contributed by atoms with Crippen molar-refractivity contribution >= 4 is 5.57 Å². The summed E-state index contributed by atoms with van der Waals surface area (Å²) in [6.45, 7) is 15.1. The Labute approximate surface area is 230 Å². The maximum absolute atomic E-state index is 13.6. The monoisotopic (exact) mass is 541 g/mol. The van der Waals surface area contributed by atoms with Crippen molar-refractivity contribution in [1.29, 1.82) is 0 Å². The molecule has 3 nitrogen and oxygen atoms in total. The molecular weight excluding hydrogens is 499 g/mol. The Kier molecular flexibility index (Phi) is 7.07. The highest BCUT2D eigenvalue weighted by molar-refractivity contribution is 5.76. The number of aliphatic hydroxyl groups is 1. The second-order valence-corrected chi connectivity index (χ2v) is 13.8. The van der Waals surface area contributed by atoms with Crippen LogP contribution in [-0.4, -0.2) is 16.2 Å². The lowest BCUT2D eigenvalue weighted by Crippen LogP contribution is -2.35. The van der Waals surface area contributed by atoms with Gasteiger partial charge in [0.2, 0.25) is 0 Å². The summed E-state index contributed by atoms with van der Waals surface area (Å²) in [6.07, 6.45) is 2.34. The summed E-state index contributed by atoms with van der Waals surface area (Å²) in [5.41, 5.74) is 6.03. The quantitative estimate of drug-likeness (QED) is 0.421. The maximum Gasteiger partial charge on any atom is 0.416 e. The number of ether oxygens (including phenoxy) is 1. The van der Waals surface area contributed by atoms with Crippen LogP contribution >= 0.6 is 0 Å². The molecule has 5 rings (SSSR count). The van der Waals surface area contributed by atoms with E-state index in [1.165, 1.54) is 17.7 Å². The molecule has 212 valence electrons. The lowest BCUT2D eigenvalue weighted by atomic mass is 9.68. The predicted octanol–water partition coefficient (Wildman–Crippen LogP) is 9.07. The molecule has 3 aliphatic rings. The van der Waals surface area contributed by atoms with Gasteiger partial charge in [-0.3, -0.25) is 4.98 Å². The summed E-state index contributed by atoms with van der Waals surface area (Å²) in [6, 6.07) is 3.75. The first-order valence-corrected chi connectivity index (χ1v) is 14.4. The number of fused-ring (bicyclic) bond motifs is 3. The van der Waals surface area contributed by atoms with Gasteiger partial charge in [0, 0.05) is 22.7 Å². The van der Waals surface area contributed by atoms with Gasteiger partial charge >= 0.3 is 6.18 Å². The standard InChI is InChI=1S/C33H42F3NO2/c1-18-23-15-21(33(34,35)36)13-14-22(23)30(38)28-26(20-11-9-8-10-12-20)27-24(37-29(18)28)16-32(6,7)17-25(27)39-19(2)31(3,4)5/h11,13-15,18-19,25,30,38H,8-10,12,16-17H2,1-7H3. The van der Waals surface area contributed by atoms with Gasteiger partial charge in [0.25, 0.3) is 0 Å². The van der Waals surface area contributed by atoms with E-state index in [1.807, 2.05) is 6.92 Å². The first-order valence-electron chi connectivity index (χ1n) is 14.4. The maximum atomic E-state index is 13.6. The Morgan fingerprint density at radius 2 is 1.79 bits per heavy atom. The molecule has 0 fully saturated rings. The van der Waals surface area contributed by atoms with Gasteiger partial charge in [0.05, 0.1) is 23.5 Å². The van der Waals surface area contributed by atoms with Crippen molar-refractivity contribution in [3.63, 3.8) is 0 Å². The first kappa shape index (κ1) is 28.4. The van der Waals surface area contributed by atoms with Crippen LogP contribution in [0.5, 0.6) is 0 Å². The van der Waals surface area contributed by atoms with Gasteiger partial charge < -0.3 is 9.84 Å². The lowest BCUT2D eigenvalue weighted by molar-refractivity contribution is -0.137. The molecule has 2 aromatic rings. The van der Waals surface area contributed by atoms with Gasteiger partial charge in [-0.05, 0) is 90.7 Å². The molecule has 0 saturated heterocycles. The van der Waals surface area contributed by atoms with Crippen LogP contribution in [0.15, 0.2) is 24.3 Å². The molecule has 1 aromatic carbocycles. The summed E-state index contributed by atoms with van der Waals surface area (Å²) >= 11 is 0. The molecule has 0 bridgehead atoms. The smallest absolute Gasteiger partial charge is 0.384 e. The van der Waals surface area contributed by atoms with E-state index in [-0.39, 0.29) is 29.0 Å². The number of alkyl halides is 3. The second-order valence-electron chi connectivity index (χ2n) is 13.8. The Morgan fingerprint density at radius 1 is 1.08 bits per heavy atom. The van der Waals surface area contributed by atoms with E-state index < -0.39 is 17.8 Å². The highest BCUT2D eigenvalue weighted by Crippen LogP contribution is 2.53. The van der Waals surface area contributed by atoms with Gasteiger partial charge in [0.15, 0.2) is 0 Å². The highest BCUT2D eigenvalue weighted by Gasteiger charge is 2.43. The number of pyridine rings is 1. The van der Waals surface area contributed by atoms with Crippen molar-refractivity contribution in [2.24, 2.45) is 10.8 Å². The van der Waals surface area contributed by atoms with E-state index in [0.717, 1.165) is 67.0 Å². The molecule has 3 aliphatic carbocycles. The average molecular weight is 542 g/mol. The van der Waals surface area contributed by atoms with Crippen LogP contribution < -0.4 is 0 Å². The minimum absolute atomic E-state index is 0.00108. The minimum Gasteiger partial charge on any atom is -0.384 e. The summed E-state index contributed by atoms with van der Waals surface area (Å²) in [7, 11) is 0. The highest BCUT2D eigenvalue weighted by atomic mass is 19.4. The van der Waals surface area contributed by atoms with Crippen LogP contribution in [0.2, 0.25) is 0 Å². The van der Waals surface area contributed by atoms with Crippen LogP contribution in [0.3, 0.4) is 0 Å². The van der Waals surface area contributed by atoms with Gasteiger partial charge in [-0.15, -0.1) is 0 Å². The van der Waals surface area contributed by atoms with E-state index in [0.29, 0.717) is 16.8 Å². The molecular formula is C33H42F3NO2. The van der Waals surface area contributed by atoms with E-state index in [4.69, 9.17) is 9.72 Å². The minimum atomic E-state index is -4.44. The van der Waals surface area contributed by atoms with Crippen LogP contribution in [0, 0.1) is 10.8 Å². The van der Waals surface area contributed by atoms with Gasteiger partial charge in [0.1, 0.15) is 6.10 Å². The zero-order chi connectivity index (χ0) is 28.5. The summed E-state index contributed by atoms with van der Waals surface area (Å²) in [5.74, 6) is -0.369. The number of allylic oxidation sites excluding steroid dienone is 2. The number of rotatable bonds is 3. The number of hydrogen-bond donors (Lipinski definition) is 1. The van der Waals surface area contributed by atoms with Crippen molar-refractivity contribution in [3.8, 4) is 0 Å². The third-order valence-electron chi connectivity index (χ3n) is 9.15. The molecule has 0 saturated carbocycles. The molecule has 0 amide bonds. The zero-order valence-electron chi connectivity index (χ0n) is 24.3. The van der Waals surface area contributed by atoms with Crippen molar-refractivity contribution in [1.82, 2.24) is 4.98 Å². The summed E-state index contributed by atoms with van der Waals surface area (Å²) < 4.78 is 47.7. The lowest BCUT2D eigenvalue weighted by Gasteiger charge is -2.43. The first-order chi connectivity index (χ1) is 18.1. The van der Waals surface area contributed by atoms with Crippen molar-refractivity contribution in [3.05, 3.63) is 69.0 Å². The Morgan fingerprint density at radius 3 is 2.41 bits per heavy atom. The normalized spacial score (nSPS) is 25.3. The van der Waals surface area contributed by atoms with Crippen LogP contribution in [0.1, 0.15) is 143 Å². The van der Waals surface area contributed by atoms with Crippen LogP contribution in [0.4, 0.5) is 13.2 Å². The van der Waals surface area contributed by atoms with E-state index in [1.54, 1.807) is 0 Å². The predicted molar refractivity (Wildman–Crippen MR) is 149 cm³/mol. The molecule has 0 radical (unpaired) electrons. The Balaban J connectivity index is 1.76. The third-order valence-corrected chi connectivity index (χ3v) is 9.15. The van der Waals surface area contributed by atoms with Crippen molar-refractivity contribution < 1.29 is 23.0 Å². The molecule has 39 heavy (non-hydrogen) atoms. The van der Waals surface area contributed by atoms with Crippen LogP contribution in [-0.2, 0) is 17.3 Å². The molecule has 4 unspecified atom stereocenters. The number of aliphatic hydroxyl groups excluding tert-OH is 1. The van der Waals surface area contributed by atoms with Gasteiger partial charge in [-0.25, -0.2) is 0 Å². The third kappa shape index (κ3) is 5.19. The van der Waals surface area contributed by atoms with Crippen LogP contribution in [0.25, 0.3) is 5.57 Å². The zero-order valence-corrected chi connectivity index (χ0v) is 24.3. The number of halogens is 3. The fourth-order valence-corrected chi connectivity index (χ4v) is 6.56. The Hall–Kier alpha value is -2.18. The summed E-state index contributed by atoms with van der Waals surface area (Å²) in [5, 5.41) is 11.8. The SMILES string of the molecule is CC1c2cc(C(F)(F)F)ccc2C(O)c2c1nc1c(c2C2=CCCCC2)C(OC(C)C(C)(C)C)CC(C)(C)C1. The molecule has 0 spiro atoms. The van der Waals surface area contributed by atoms with E-state index >= 15 is 0 Å². The number of aromatic nitrogens is 1. The molecule has 1 heterocycles. The second kappa shape index (κ2) is 9.73. The fraction of sp³-hybridized carbons (Fsp3) is 0.606. The van der Waals surface area contributed by atoms with Crippen molar-refractivity contribution in [2.45, 2.75) is 117 Å². The molecule has 4 atom stereocenters. The van der Waals surface area contributed by atoms with Gasteiger partial charge in [-0.2, -0.15) is 13.2 Å². The molecule has 1 aromatic heterocycles. The summed E-state index contributed by atoms with van der Waals surface area (Å²) in [4.78, 5) is 5.20. The largest absolute Gasteiger partial charge is 0.416 e. The fourth-order valence-electron chi connectivity index (χ4n) is 6.56. The molecule has 1 N–H and O–H groups in total. The molecule has 6 heteroatoms. The topological polar surface area (TPSA) is 42.4 Å². The van der Waals surface area contributed by atoms with Crippen molar-refractivity contribution in [2.75, 3.05) is 0 Å². The van der Waals surface area contributed by atoms with Gasteiger partial charge in [-0.1, -0.05) is 53.7 Å². The number of nitrogens with zero attached hydrogens (tertiary/aromatic N) is 1. The van der Waals surface area contributed by atoms with E-state index in [2.05, 4.69) is 47.6 Å².